The maximum Gasteiger partial charge on any atom is 0.407 e. The molecule has 0 aliphatic rings. The van der Waals surface area contributed by atoms with Gasteiger partial charge in [0.1, 0.15) is 13.2 Å². The lowest BCUT2D eigenvalue weighted by Crippen LogP contribution is -2.27. The van der Waals surface area contributed by atoms with Crippen molar-refractivity contribution in [2.24, 2.45) is 0 Å². The summed E-state index contributed by atoms with van der Waals surface area (Å²) in [6, 6.07) is 0. The lowest BCUT2D eigenvalue weighted by molar-refractivity contribution is -0.139. The second kappa shape index (κ2) is 13.4. The zero-order chi connectivity index (χ0) is 17.5. The summed E-state index contributed by atoms with van der Waals surface area (Å²) in [5.74, 6) is -0.504. The largest absolute Gasteiger partial charge is 0.459 e. The highest BCUT2D eigenvalue weighted by Gasteiger charge is 2.04. The molecule has 2 N–H and O–H groups in total. The molecule has 8 heteroatoms. The summed E-state index contributed by atoms with van der Waals surface area (Å²) in [5, 5.41) is 5.20. The molecule has 0 aromatic carbocycles. The molecule has 0 fully saturated rings. The van der Waals surface area contributed by atoms with Crippen LogP contribution in [0.25, 0.3) is 0 Å². The lowest BCUT2D eigenvalue weighted by Gasteiger charge is -2.08. The van der Waals surface area contributed by atoms with Crippen molar-refractivity contribution >= 4 is 18.2 Å². The molecule has 0 unspecified atom stereocenters. The Morgan fingerprint density at radius 1 is 0.870 bits per heavy atom. The highest BCUT2D eigenvalue weighted by atomic mass is 16.6. The van der Waals surface area contributed by atoms with E-state index in [0.29, 0.717) is 18.7 Å². The molecule has 0 atom stereocenters. The predicted octanol–water partition coefficient (Wildman–Crippen LogP) is 1.75. The summed E-state index contributed by atoms with van der Waals surface area (Å²) in [6.45, 7) is 6.07. The van der Waals surface area contributed by atoms with Gasteiger partial charge in [-0.1, -0.05) is 19.4 Å². The molecule has 0 rings (SSSR count). The normalized spacial score (nSPS) is 9.65. The summed E-state index contributed by atoms with van der Waals surface area (Å²) < 4.78 is 14.1. The van der Waals surface area contributed by atoms with Crippen LogP contribution in [0.15, 0.2) is 12.2 Å². The number of unbranched alkanes of at least 4 members (excludes halogenated alkanes) is 3. The molecule has 8 nitrogen and oxygen atoms in total. The fourth-order valence-corrected chi connectivity index (χ4v) is 1.50. The van der Waals surface area contributed by atoms with Gasteiger partial charge in [-0.3, -0.25) is 0 Å². The van der Waals surface area contributed by atoms with Gasteiger partial charge in [0.25, 0.3) is 0 Å². The first-order valence-corrected chi connectivity index (χ1v) is 7.52. The number of ether oxygens (including phenoxy) is 3. The maximum atomic E-state index is 11.3. The Morgan fingerprint density at radius 2 is 1.39 bits per heavy atom. The van der Waals surface area contributed by atoms with Crippen LogP contribution in [0.5, 0.6) is 0 Å². The van der Waals surface area contributed by atoms with Crippen LogP contribution in [0, 0.1) is 0 Å². The van der Waals surface area contributed by atoms with E-state index < -0.39 is 18.2 Å². The van der Waals surface area contributed by atoms with E-state index in [0.717, 1.165) is 25.7 Å². The van der Waals surface area contributed by atoms with Crippen LogP contribution < -0.4 is 10.6 Å². The Kier molecular flexibility index (Phi) is 12.1. The van der Waals surface area contributed by atoms with Gasteiger partial charge in [-0.2, -0.15) is 0 Å². The summed E-state index contributed by atoms with van der Waals surface area (Å²) in [5.41, 5.74) is 0.302. The minimum Gasteiger partial charge on any atom is -0.459 e. The molecule has 132 valence electrons. The van der Waals surface area contributed by atoms with E-state index in [9.17, 15) is 14.4 Å². The third kappa shape index (κ3) is 13.2. The van der Waals surface area contributed by atoms with Gasteiger partial charge in [0.2, 0.25) is 0 Å². The number of hydrogen-bond acceptors (Lipinski definition) is 6. The molecule has 0 saturated heterocycles. The third-order valence-corrected chi connectivity index (χ3v) is 2.73. The Hall–Kier alpha value is -2.25. The molecular formula is C15H26N2O6. The van der Waals surface area contributed by atoms with Gasteiger partial charge in [0.15, 0.2) is 0 Å². The minimum atomic E-state index is -0.538. The molecular weight excluding hydrogens is 304 g/mol. The Balaban J connectivity index is 3.35. The summed E-state index contributed by atoms with van der Waals surface area (Å²) >= 11 is 0. The Morgan fingerprint density at radius 3 is 1.91 bits per heavy atom. The van der Waals surface area contributed by atoms with Crippen LogP contribution in [-0.2, 0) is 19.0 Å². The zero-order valence-electron chi connectivity index (χ0n) is 13.8. The fraction of sp³-hybridized carbons (Fsp3) is 0.667. The van der Waals surface area contributed by atoms with E-state index in [1.54, 1.807) is 6.92 Å². The topological polar surface area (TPSA) is 103 Å². The van der Waals surface area contributed by atoms with Gasteiger partial charge < -0.3 is 24.8 Å². The van der Waals surface area contributed by atoms with Crippen molar-refractivity contribution in [2.75, 3.05) is 33.4 Å². The van der Waals surface area contributed by atoms with E-state index in [-0.39, 0.29) is 13.2 Å². The van der Waals surface area contributed by atoms with Crippen molar-refractivity contribution in [1.82, 2.24) is 10.6 Å². The van der Waals surface area contributed by atoms with Gasteiger partial charge >= 0.3 is 18.2 Å². The predicted molar refractivity (Wildman–Crippen MR) is 84.0 cm³/mol. The van der Waals surface area contributed by atoms with E-state index in [4.69, 9.17) is 9.47 Å². The average Bonchev–Trinajstić information content (AvgIpc) is 2.53. The molecule has 0 saturated carbocycles. The van der Waals surface area contributed by atoms with E-state index in [1.807, 2.05) is 0 Å². The molecule has 0 bridgehead atoms. The molecule has 0 spiro atoms. The van der Waals surface area contributed by atoms with Crippen molar-refractivity contribution in [3.8, 4) is 0 Å². The highest BCUT2D eigenvalue weighted by Crippen LogP contribution is 1.98. The minimum absolute atomic E-state index is 0.00402. The Bertz CT molecular complexity index is 397. The number of nitrogens with one attached hydrogen (secondary N) is 2. The van der Waals surface area contributed by atoms with Crippen LogP contribution in [0.2, 0.25) is 0 Å². The number of carbonyl (C=O) groups is 3. The first-order valence-electron chi connectivity index (χ1n) is 7.52. The fourth-order valence-electron chi connectivity index (χ4n) is 1.50. The van der Waals surface area contributed by atoms with Gasteiger partial charge in [0.05, 0.1) is 7.11 Å². The SMILES string of the molecule is C=C(C)C(=O)OCCOC(=O)NCCCCCCNC(=O)OC. The quantitative estimate of drug-likeness (QED) is 0.259. The van der Waals surface area contributed by atoms with Crippen molar-refractivity contribution < 1.29 is 28.6 Å². The van der Waals surface area contributed by atoms with Gasteiger partial charge in [-0.15, -0.1) is 0 Å². The number of esters is 1. The second-order valence-electron chi connectivity index (χ2n) is 4.81. The third-order valence-electron chi connectivity index (χ3n) is 2.73. The van der Waals surface area contributed by atoms with Crippen LogP contribution in [0.3, 0.4) is 0 Å². The lowest BCUT2D eigenvalue weighted by atomic mass is 10.2. The van der Waals surface area contributed by atoms with Crippen LogP contribution in [-0.4, -0.2) is 51.6 Å². The molecule has 0 aromatic rings. The standard InChI is InChI=1S/C15H26N2O6/c1-12(2)13(18)22-10-11-23-15(20)17-9-7-5-4-6-8-16-14(19)21-3/h1,4-11H2,2-3H3,(H,16,19)(H,17,20). The summed E-state index contributed by atoms with van der Waals surface area (Å²) in [4.78, 5) is 33.1. The molecule has 0 aliphatic carbocycles. The van der Waals surface area contributed by atoms with E-state index in [2.05, 4.69) is 21.9 Å². The number of alkyl carbamates (subject to hydrolysis) is 2. The molecule has 0 aliphatic heterocycles. The molecule has 0 aromatic heterocycles. The first kappa shape index (κ1) is 20.8. The monoisotopic (exact) mass is 330 g/mol. The number of hydrogen-bond donors (Lipinski definition) is 2. The number of carbonyl (C=O) groups excluding carboxylic acids is 3. The summed E-state index contributed by atoms with van der Waals surface area (Å²) in [7, 11) is 1.32. The van der Waals surface area contributed by atoms with Gasteiger partial charge in [-0.05, 0) is 19.8 Å². The smallest absolute Gasteiger partial charge is 0.407 e. The second-order valence-corrected chi connectivity index (χ2v) is 4.81. The van der Waals surface area contributed by atoms with Crippen LogP contribution >= 0.6 is 0 Å². The Labute approximate surface area is 136 Å². The average molecular weight is 330 g/mol. The van der Waals surface area contributed by atoms with Crippen LogP contribution in [0.1, 0.15) is 32.6 Å². The number of methoxy groups -OCH3 is 1. The van der Waals surface area contributed by atoms with Gasteiger partial charge in [-0.25, -0.2) is 14.4 Å². The first-order chi connectivity index (χ1) is 11.0. The molecule has 23 heavy (non-hydrogen) atoms. The maximum absolute atomic E-state index is 11.3. The number of rotatable bonds is 11. The van der Waals surface area contributed by atoms with Crippen LogP contribution in [0.4, 0.5) is 9.59 Å². The number of amides is 2. The molecule has 2 amide bonds. The van der Waals surface area contributed by atoms with Crippen molar-refractivity contribution in [3.63, 3.8) is 0 Å². The van der Waals surface area contributed by atoms with E-state index in [1.165, 1.54) is 7.11 Å². The zero-order valence-corrected chi connectivity index (χ0v) is 13.8. The molecule has 0 radical (unpaired) electrons. The summed E-state index contributed by atoms with van der Waals surface area (Å²) in [6.07, 6.45) is 2.58. The van der Waals surface area contributed by atoms with Gasteiger partial charge in [0, 0.05) is 18.7 Å². The van der Waals surface area contributed by atoms with Crippen molar-refractivity contribution in [3.05, 3.63) is 12.2 Å². The van der Waals surface area contributed by atoms with Crippen molar-refractivity contribution in [1.29, 1.82) is 0 Å². The van der Waals surface area contributed by atoms with Crippen molar-refractivity contribution in [2.45, 2.75) is 32.6 Å². The molecule has 0 heterocycles. The highest BCUT2D eigenvalue weighted by molar-refractivity contribution is 5.86. The van der Waals surface area contributed by atoms with E-state index >= 15 is 0 Å².